The summed E-state index contributed by atoms with van der Waals surface area (Å²) >= 11 is 0. The molecule has 3 atom stereocenters. The molecule has 0 amide bonds. The molecule has 0 aliphatic rings. The summed E-state index contributed by atoms with van der Waals surface area (Å²) in [5.41, 5.74) is 0. The third-order valence-electron chi connectivity index (χ3n) is 1.31. The number of rotatable bonds is 5. The van der Waals surface area contributed by atoms with Crippen LogP contribution in [0.25, 0.3) is 0 Å². The van der Waals surface area contributed by atoms with Crippen LogP contribution in [0.2, 0.25) is 0 Å². The second kappa shape index (κ2) is 5.61. The minimum Gasteiger partial charge on any atom is -0.388 e. The van der Waals surface area contributed by atoms with Gasteiger partial charge in [0.15, 0.2) is 5.78 Å². The molecule has 0 aromatic heterocycles. The lowest BCUT2D eigenvalue weighted by molar-refractivity contribution is -0.133. The van der Waals surface area contributed by atoms with Crippen LogP contribution in [0, 0.1) is 0 Å². The maximum Gasteiger partial charge on any atom is 0.163 e. The van der Waals surface area contributed by atoms with Crippen molar-refractivity contribution in [2.45, 2.75) is 25.6 Å². The number of carbonyl (C=O) groups excluding carboxylic acids is 1. The van der Waals surface area contributed by atoms with Crippen LogP contribution in [0.4, 0.5) is 0 Å². The molecule has 0 spiro atoms. The van der Waals surface area contributed by atoms with Gasteiger partial charge in [-0.1, -0.05) is 6.92 Å². The molecular weight excluding hydrogens is 167 g/mol. The van der Waals surface area contributed by atoms with Crippen molar-refractivity contribution in [2.24, 2.45) is 0 Å². The van der Waals surface area contributed by atoms with Gasteiger partial charge in [0.2, 0.25) is 0 Å². The highest BCUT2D eigenvalue weighted by Gasteiger charge is 2.21. The zero-order chi connectivity index (χ0) is 8.85. The number of carbonyl (C=O) groups is 1. The van der Waals surface area contributed by atoms with Gasteiger partial charge in [0.25, 0.3) is 0 Å². The van der Waals surface area contributed by atoms with E-state index in [2.05, 4.69) is 4.52 Å². The van der Waals surface area contributed by atoms with Crippen LogP contribution in [-0.4, -0.2) is 34.8 Å². The standard InChI is InChI=1S/C6H13O4P/c1-2-4(7)6(9)5(8)3-10-11/h5-6,8-9H,2-3,11H2,1H3. The Morgan fingerprint density at radius 2 is 2.18 bits per heavy atom. The number of hydrogen-bond donors (Lipinski definition) is 2. The molecule has 5 heteroatoms. The molecule has 3 unspecified atom stereocenters. The lowest BCUT2D eigenvalue weighted by Crippen LogP contribution is -2.36. The second-order valence-electron chi connectivity index (χ2n) is 2.17. The SMILES string of the molecule is CCC(=O)C(O)C(O)COP. The first-order chi connectivity index (χ1) is 5.13. The van der Waals surface area contributed by atoms with Crippen LogP contribution in [0.3, 0.4) is 0 Å². The predicted molar refractivity (Wildman–Crippen MR) is 43.0 cm³/mol. The van der Waals surface area contributed by atoms with E-state index in [9.17, 15) is 4.79 Å². The molecule has 0 rings (SSSR count). The van der Waals surface area contributed by atoms with Crippen molar-refractivity contribution in [3.8, 4) is 0 Å². The summed E-state index contributed by atoms with van der Waals surface area (Å²) in [6.07, 6.45) is -2.23. The quantitative estimate of drug-likeness (QED) is 0.559. The second-order valence-corrected chi connectivity index (χ2v) is 2.50. The van der Waals surface area contributed by atoms with Crippen LogP contribution < -0.4 is 0 Å². The molecule has 66 valence electrons. The number of hydrogen-bond acceptors (Lipinski definition) is 4. The highest BCUT2D eigenvalue weighted by atomic mass is 31.0. The third-order valence-corrected chi connectivity index (χ3v) is 1.50. The number of aliphatic hydroxyl groups excluding tert-OH is 2. The first-order valence-electron chi connectivity index (χ1n) is 3.34. The Balaban J connectivity index is 3.80. The van der Waals surface area contributed by atoms with Crippen molar-refractivity contribution in [3.63, 3.8) is 0 Å². The first kappa shape index (κ1) is 11.0. The molecule has 0 saturated heterocycles. The van der Waals surface area contributed by atoms with Crippen LogP contribution in [-0.2, 0) is 9.32 Å². The molecule has 11 heavy (non-hydrogen) atoms. The lowest BCUT2D eigenvalue weighted by atomic mass is 10.1. The van der Waals surface area contributed by atoms with Gasteiger partial charge >= 0.3 is 0 Å². The van der Waals surface area contributed by atoms with E-state index in [1.54, 1.807) is 6.92 Å². The minimum absolute atomic E-state index is 0.0580. The molecule has 0 aliphatic heterocycles. The third kappa shape index (κ3) is 3.77. The van der Waals surface area contributed by atoms with Gasteiger partial charge in [0, 0.05) is 15.9 Å². The Hall–Kier alpha value is -0.0200. The van der Waals surface area contributed by atoms with Crippen molar-refractivity contribution in [2.75, 3.05) is 6.61 Å². The molecule has 0 aromatic rings. The summed E-state index contributed by atoms with van der Waals surface area (Å²) in [5, 5.41) is 18.0. The van der Waals surface area contributed by atoms with Gasteiger partial charge in [0.05, 0.1) is 6.61 Å². The largest absolute Gasteiger partial charge is 0.388 e. The van der Waals surface area contributed by atoms with Gasteiger partial charge in [-0.2, -0.15) is 0 Å². The van der Waals surface area contributed by atoms with E-state index in [4.69, 9.17) is 10.2 Å². The summed E-state index contributed by atoms with van der Waals surface area (Å²) in [7, 11) is 1.93. The summed E-state index contributed by atoms with van der Waals surface area (Å²) in [6, 6.07) is 0. The maximum absolute atomic E-state index is 10.8. The summed E-state index contributed by atoms with van der Waals surface area (Å²) in [6.45, 7) is 1.57. The van der Waals surface area contributed by atoms with E-state index in [0.29, 0.717) is 0 Å². The van der Waals surface area contributed by atoms with Crippen LogP contribution in [0.1, 0.15) is 13.3 Å². The molecule has 0 fully saturated rings. The fourth-order valence-corrected chi connectivity index (χ4v) is 0.811. The molecule has 0 heterocycles. The molecule has 2 N–H and O–H groups in total. The molecule has 0 aliphatic carbocycles. The summed E-state index contributed by atoms with van der Waals surface area (Å²) < 4.78 is 4.47. The van der Waals surface area contributed by atoms with Crippen molar-refractivity contribution in [1.82, 2.24) is 0 Å². The van der Waals surface area contributed by atoms with Gasteiger partial charge in [0.1, 0.15) is 12.2 Å². The van der Waals surface area contributed by atoms with Crippen molar-refractivity contribution >= 4 is 15.2 Å². The van der Waals surface area contributed by atoms with Crippen molar-refractivity contribution in [3.05, 3.63) is 0 Å². The number of Topliss-reactive ketones (excluding diaryl/α,β-unsaturated/α-hetero) is 1. The zero-order valence-corrected chi connectivity index (χ0v) is 7.51. The van der Waals surface area contributed by atoms with Gasteiger partial charge in [-0.3, -0.25) is 4.79 Å². The van der Waals surface area contributed by atoms with Crippen LogP contribution in [0.15, 0.2) is 0 Å². The van der Waals surface area contributed by atoms with E-state index in [1.165, 1.54) is 0 Å². The van der Waals surface area contributed by atoms with Gasteiger partial charge in [-0.15, -0.1) is 0 Å². The predicted octanol–water partition coefficient (Wildman–Crippen LogP) is -0.506. The Kier molecular flexibility index (Phi) is 5.60. The lowest BCUT2D eigenvalue weighted by Gasteiger charge is -2.14. The number of aliphatic hydroxyl groups is 2. The van der Waals surface area contributed by atoms with Crippen LogP contribution in [0.5, 0.6) is 0 Å². The normalized spacial score (nSPS) is 16.0. The molecule has 0 aromatic carbocycles. The first-order valence-corrected chi connectivity index (χ1v) is 3.81. The molecule has 0 radical (unpaired) electrons. The Morgan fingerprint density at radius 1 is 1.64 bits per heavy atom. The van der Waals surface area contributed by atoms with Gasteiger partial charge < -0.3 is 14.7 Å². The Morgan fingerprint density at radius 3 is 2.55 bits per heavy atom. The van der Waals surface area contributed by atoms with Gasteiger partial charge in [-0.05, 0) is 0 Å². The highest BCUT2D eigenvalue weighted by Crippen LogP contribution is 2.00. The zero-order valence-electron chi connectivity index (χ0n) is 6.36. The highest BCUT2D eigenvalue weighted by molar-refractivity contribution is 7.09. The maximum atomic E-state index is 10.8. The molecular formula is C6H13O4P. The smallest absolute Gasteiger partial charge is 0.163 e. The summed E-state index contributed by atoms with van der Waals surface area (Å²) in [5.74, 6) is -0.375. The molecule has 0 saturated carbocycles. The van der Waals surface area contributed by atoms with E-state index in [-0.39, 0.29) is 18.8 Å². The molecule has 4 nitrogen and oxygen atoms in total. The van der Waals surface area contributed by atoms with Gasteiger partial charge in [-0.25, -0.2) is 0 Å². The average molecular weight is 180 g/mol. The van der Waals surface area contributed by atoms with Crippen LogP contribution >= 0.6 is 9.47 Å². The van der Waals surface area contributed by atoms with E-state index >= 15 is 0 Å². The Bertz CT molecular complexity index is 128. The van der Waals surface area contributed by atoms with Crippen molar-refractivity contribution < 1.29 is 19.5 Å². The van der Waals surface area contributed by atoms with E-state index in [0.717, 1.165) is 0 Å². The van der Waals surface area contributed by atoms with Crippen molar-refractivity contribution in [1.29, 1.82) is 0 Å². The number of ketones is 1. The van der Waals surface area contributed by atoms with E-state index in [1.807, 2.05) is 9.47 Å². The fourth-order valence-electron chi connectivity index (χ4n) is 0.613. The Labute approximate surface area is 67.8 Å². The molecule has 0 bridgehead atoms. The minimum atomic E-state index is -1.32. The van der Waals surface area contributed by atoms with E-state index < -0.39 is 12.2 Å². The summed E-state index contributed by atoms with van der Waals surface area (Å²) in [4.78, 5) is 10.8. The average Bonchev–Trinajstić information content (AvgIpc) is 2.02. The monoisotopic (exact) mass is 180 g/mol. The fraction of sp³-hybridized carbons (Fsp3) is 0.833. The topological polar surface area (TPSA) is 66.8 Å².